The average molecular weight is 677 g/mol. The predicted octanol–water partition coefficient (Wildman–Crippen LogP) is 4.99. The molecule has 1 atom stereocenters. The zero-order chi connectivity index (χ0) is 29.0. The minimum absolute atomic E-state index is 0.0123. The number of allylic oxidation sites excluding steroid dienone is 1. The molecule has 8 nitrogen and oxygen atoms in total. The Kier molecular flexibility index (Phi) is 9.72. The highest BCUT2D eigenvalue weighted by Crippen LogP contribution is 2.35. The Balaban J connectivity index is 1.89. The summed E-state index contributed by atoms with van der Waals surface area (Å²) in [6, 6.07) is 10.6. The Labute approximate surface area is 251 Å². The summed E-state index contributed by atoms with van der Waals surface area (Å²) in [4.78, 5) is 32.2. The normalized spacial score (nSPS) is 15.1. The van der Waals surface area contributed by atoms with E-state index in [-0.39, 0.29) is 18.3 Å². The molecule has 0 radical (unpaired) electrons. The van der Waals surface area contributed by atoms with Gasteiger partial charge in [-0.15, -0.1) is 0 Å². The number of halogens is 1. The van der Waals surface area contributed by atoms with Crippen LogP contribution in [-0.4, -0.2) is 36.5 Å². The molecule has 0 aliphatic carbocycles. The van der Waals surface area contributed by atoms with Crippen LogP contribution in [0.2, 0.25) is 0 Å². The molecule has 1 aliphatic heterocycles. The van der Waals surface area contributed by atoms with E-state index in [0.29, 0.717) is 51.1 Å². The lowest BCUT2D eigenvalue weighted by Crippen LogP contribution is -2.39. The van der Waals surface area contributed by atoms with E-state index in [1.165, 1.54) is 11.3 Å². The van der Waals surface area contributed by atoms with E-state index in [4.69, 9.17) is 18.9 Å². The van der Waals surface area contributed by atoms with E-state index >= 15 is 0 Å². The summed E-state index contributed by atoms with van der Waals surface area (Å²) < 4.78 is 25.8. The second kappa shape index (κ2) is 13.0. The van der Waals surface area contributed by atoms with Crippen molar-refractivity contribution < 1.29 is 23.7 Å². The van der Waals surface area contributed by atoms with Gasteiger partial charge in [0, 0.05) is 0 Å². The van der Waals surface area contributed by atoms with Gasteiger partial charge in [-0.1, -0.05) is 23.5 Å². The molecule has 0 amide bonds. The summed E-state index contributed by atoms with van der Waals surface area (Å²) in [5, 5.41) is 0. The fraction of sp³-hybridized carbons (Fsp3) is 0.367. The van der Waals surface area contributed by atoms with Crippen molar-refractivity contribution in [3.8, 4) is 17.2 Å². The van der Waals surface area contributed by atoms with Gasteiger partial charge in [-0.3, -0.25) is 9.36 Å². The largest absolute Gasteiger partial charge is 0.494 e. The number of hydrogen-bond acceptors (Lipinski definition) is 8. The Hall–Kier alpha value is -3.12. The van der Waals surface area contributed by atoms with E-state index in [9.17, 15) is 9.59 Å². The van der Waals surface area contributed by atoms with Gasteiger partial charge in [0.2, 0.25) is 0 Å². The van der Waals surface area contributed by atoms with Crippen LogP contribution in [0.1, 0.15) is 58.7 Å². The second-order valence-corrected chi connectivity index (χ2v) is 11.4. The van der Waals surface area contributed by atoms with Crippen molar-refractivity contribution in [3.05, 3.63) is 82.1 Å². The molecule has 40 heavy (non-hydrogen) atoms. The highest BCUT2D eigenvalue weighted by atomic mass is 127. The summed E-state index contributed by atoms with van der Waals surface area (Å²) in [5.74, 6) is 1.52. The van der Waals surface area contributed by atoms with E-state index in [1.54, 1.807) is 18.4 Å². The van der Waals surface area contributed by atoms with Crippen LogP contribution in [0.25, 0.3) is 6.08 Å². The van der Waals surface area contributed by atoms with Crippen LogP contribution in [0.4, 0.5) is 0 Å². The molecule has 2 aromatic carbocycles. The maximum atomic E-state index is 13.9. The fourth-order valence-corrected chi connectivity index (χ4v) is 6.25. The molecule has 0 saturated heterocycles. The smallest absolute Gasteiger partial charge is 0.338 e. The Bertz CT molecular complexity index is 1600. The van der Waals surface area contributed by atoms with Crippen LogP contribution < -0.4 is 29.1 Å². The van der Waals surface area contributed by atoms with Crippen molar-refractivity contribution in [2.75, 3.05) is 19.8 Å². The van der Waals surface area contributed by atoms with E-state index < -0.39 is 12.0 Å². The number of nitrogens with zero attached hydrogens (tertiary/aromatic N) is 2. The molecule has 3 aromatic rings. The van der Waals surface area contributed by atoms with Crippen LogP contribution in [0.3, 0.4) is 0 Å². The zero-order valence-electron chi connectivity index (χ0n) is 23.4. The molecule has 1 aliphatic rings. The topological polar surface area (TPSA) is 88.4 Å². The maximum absolute atomic E-state index is 13.9. The molecule has 1 aromatic heterocycles. The highest BCUT2D eigenvalue weighted by Gasteiger charge is 2.33. The molecule has 0 bridgehead atoms. The SMILES string of the molecule is CCOC(=O)C1=C(C)N=c2s/c(=C\c3cc(I)c(OC(C)C)c(OCC)c3)c(=O)n2[C@@H]1c1ccc(OCC)cc1. The van der Waals surface area contributed by atoms with Gasteiger partial charge in [0.1, 0.15) is 5.75 Å². The molecule has 0 spiro atoms. The molecule has 4 rings (SSSR count). The first-order valence-electron chi connectivity index (χ1n) is 13.2. The van der Waals surface area contributed by atoms with Gasteiger partial charge in [-0.2, -0.15) is 0 Å². The number of benzene rings is 2. The molecular weight excluding hydrogens is 643 g/mol. The van der Waals surface area contributed by atoms with Crippen molar-refractivity contribution >= 4 is 46.0 Å². The number of esters is 1. The van der Waals surface area contributed by atoms with Gasteiger partial charge < -0.3 is 18.9 Å². The van der Waals surface area contributed by atoms with Crippen LogP contribution in [0.15, 0.2) is 57.5 Å². The Morgan fingerprint density at radius 2 is 1.80 bits per heavy atom. The Morgan fingerprint density at radius 3 is 2.42 bits per heavy atom. The number of ether oxygens (including phenoxy) is 4. The van der Waals surface area contributed by atoms with Gasteiger partial charge in [0.15, 0.2) is 16.3 Å². The third-order valence-electron chi connectivity index (χ3n) is 6.01. The number of thiazole rings is 1. The van der Waals surface area contributed by atoms with Crippen molar-refractivity contribution in [2.24, 2.45) is 4.99 Å². The first-order chi connectivity index (χ1) is 19.2. The first-order valence-corrected chi connectivity index (χ1v) is 15.1. The van der Waals surface area contributed by atoms with Crippen molar-refractivity contribution in [3.63, 3.8) is 0 Å². The monoisotopic (exact) mass is 676 g/mol. The first kappa shape index (κ1) is 29.9. The van der Waals surface area contributed by atoms with Crippen molar-refractivity contribution in [1.82, 2.24) is 4.57 Å². The number of carbonyl (C=O) groups excluding carboxylic acids is 1. The van der Waals surface area contributed by atoms with Crippen LogP contribution in [-0.2, 0) is 9.53 Å². The van der Waals surface area contributed by atoms with E-state index in [1.807, 2.05) is 70.2 Å². The van der Waals surface area contributed by atoms with Gasteiger partial charge >= 0.3 is 5.97 Å². The predicted molar refractivity (Wildman–Crippen MR) is 164 cm³/mol. The molecule has 212 valence electrons. The number of aromatic nitrogens is 1. The minimum atomic E-state index is -0.686. The standard InChI is InChI=1S/C30H33IN2O6S/c1-7-36-21-12-10-20(11-13-21)26-25(29(35)38-9-3)18(6)32-30-33(26)28(34)24(40-30)16-19-14-22(31)27(39-17(4)5)23(15-19)37-8-2/h10-17,26H,7-9H2,1-6H3/b24-16-/t26-/m1/s1. The van der Waals surface area contributed by atoms with Crippen LogP contribution >= 0.6 is 33.9 Å². The van der Waals surface area contributed by atoms with Gasteiger partial charge in [-0.05, 0) is 106 Å². The fourth-order valence-electron chi connectivity index (χ4n) is 4.46. The molecule has 0 N–H and O–H groups in total. The lowest BCUT2D eigenvalue weighted by atomic mass is 9.96. The number of fused-ring (bicyclic) bond motifs is 1. The average Bonchev–Trinajstić information content (AvgIpc) is 3.20. The summed E-state index contributed by atoms with van der Waals surface area (Å²) in [7, 11) is 0. The lowest BCUT2D eigenvalue weighted by molar-refractivity contribution is -0.139. The van der Waals surface area contributed by atoms with Gasteiger partial charge in [-0.25, -0.2) is 9.79 Å². The summed E-state index contributed by atoms with van der Waals surface area (Å²) in [5.41, 5.74) is 2.18. The molecule has 0 saturated carbocycles. The van der Waals surface area contributed by atoms with Crippen LogP contribution in [0.5, 0.6) is 17.2 Å². The Morgan fingerprint density at radius 1 is 1.10 bits per heavy atom. The summed E-state index contributed by atoms with van der Waals surface area (Å²) in [6.07, 6.45) is 1.81. The summed E-state index contributed by atoms with van der Waals surface area (Å²) >= 11 is 3.50. The molecule has 0 fully saturated rings. The number of carbonyl (C=O) groups is 1. The lowest BCUT2D eigenvalue weighted by Gasteiger charge is -2.24. The van der Waals surface area contributed by atoms with Crippen molar-refractivity contribution in [1.29, 1.82) is 0 Å². The molecule has 0 unspecified atom stereocenters. The van der Waals surface area contributed by atoms with Crippen molar-refractivity contribution in [2.45, 2.75) is 53.7 Å². The van der Waals surface area contributed by atoms with Crippen LogP contribution in [0, 0.1) is 3.57 Å². The molecular formula is C30H33IN2O6S. The molecule has 10 heteroatoms. The van der Waals surface area contributed by atoms with E-state index in [2.05, 4.69) is 27.6 Å². The molecule has 2 heterocycles. The third-order valence-corrected chi connectivity index (χ3v) is 7.79. The van der Waals surface area contributed by atoms with Gasteiger partial charge in [0.05, 0.1) is 51.3 Å². The summed E-state index contributed by atoms with van der Waals surface area (Å²) in [6.45, 7) is 12.5. The second-order valence-electron chi connectivity index (χ2n) is 9.23. The highest BCUT2D eigenvalue weighted by molar-refractivity contribution is 14.1. The number of rotatable bonds is 10. The van der Waals surface area contributed by atoms with E-state index in [0.717, 1.165) is 14.7 Å². The zero-order valence-corrected chi connectivity index (χ0v) is 26.4. The third kappa shape index (κ3) is 6.27. The number of hydrogen-bond donors (Lipinski definition) is 0. The quantitative estimate of drug-likeness (QED) is 0.222. The maximum Gasteiger partial charge on any atom is 0.338 e. The van der Waals surface area contributed by atoms with Gasteiger partial charge in [0.25, 0.3) is 5.56 Å². The minimum Gasteiger partial charge on any atom is -0.494 e.